The van der Waals surface area contributed by atoms with Gasteiger partial charge >= 0.3 is 5.97 Å². The molecule has 2 atom stereocenters. The Balaban J connectivity index is 1.71. The molecule has 1 aromatic rings. The Hall–Kier alpha value is -0.980. The first-order chi connectivity index (χ1) is 9.95. The molecule has 2 fully saturated rings. The third-order valence-corrected chi connectivity index (χ3v) is 4.95. The van der Waals surface area contributed by atoms with Gasteiger partial charge in [-0.2, -0.15) is 0 Å². The Labute approximate surface area is 129 Å². The number of hydrogen-bond donors (Lipinski definition) is 0. The van der Waals surface area contributed by atoms with Crippen molar-refractivity contribution in [3.63, 3.8) is 0 Å². The van der Waals surface area contributed by atoms with E-state index in [9.17, 15) is 4.79 Å². The van der Waals surface area contributed by atoms with Crippen molar-refractivity contribution in [2.45, 2.75) is 44.8 Å². The summed E-state index contributed by atoms with van der Waals surface area (Å²) in [6.07, 6.45) is 0.754. The minimum Gasteiger partial charge on any atom is -0.464 e. The lowest BCUT2D eigenvalue weighted by atomic mass is 9.93. The number of carbonyl (C=O) groups excluding carboxylic acids is 1. The molecule has 0 bridgehead atoms. The number of ether oxygens (including phenoxy) is 2. The lowest BCUT2D eigenvalue weighted by Gasteiger charge is -2.34. The van der Waals surface area contributed by atoms with E-state index in [0.717, 1.165) is 30.2 Å². The number of rotatable bonds is 2. The van der Waals surface area contributed by atoms with Gasteiger partial charge in [0, 0.05) is 30.3 Å². The summed E-state index contributed by atoms with van der Waals surface area (Å²) in [4.78, 5) is 18.7. The van der Waals surface area contributed by atoms with E-state index >= 15 is 0 Å². The molecule has 0 aliphatic carbocycles. The normalized spacial score (nSPS) is 27.9. The van der Waals surface area contributed by atoms with Crippen molar-refractivity contribution in [3.05, 3.63) is 16.1 Å². The number of morpholine rings is 1. The number of nitrogens with zero attached hydrogens (tertiary/aromatic N) is 2. The molecular formula is C15H22N2O3S. The molecule has 1 aromatic heterocycles. The lowest BCUT2D eigenvalue weighted by molar-refractivity contribution is -0.144. The molecule has 2 aliphatic heterocycles. The molecule has 0 saturated carbocycles. The lowest BCUT2D eigenvalue weighted by Crippen LogP contribution is -2.46. The summed E-state index contributed by atoms with van der Waals surface area (Å²) in [6, 6.07) is -0.0987. The van der Waals surface area contributed by atoms with Crippen LogP contribution in [0.1, 0.15) is 44.0 Å². The van der Waals surface area contributed by atoms with Crippen LogP contribution in [0.3, 0.4) is 0 Å². The van der Waals surface area contributed by atoms with Gasteiger partial charge in [-0.05, 0) is 0 Å². The summed E-state index contributed by atoms with van der Waals surface area (Å²) in [5.41, 5.74) is 1.15. The first-order valence-electron chi connectivity index (χ1n) is 7.43. The number of hydrogen-bond acceptors (Lipinski definition) is 6. The maximum atomic E-state index is 11.7. The predicted molar refractivity (Wildman–Crippen MR) is 80.4 cm³/mol. The van der Waals surface area contributed by atoms with Crippen molar-refractivity contribution in [2.24, 2.45) is 0 Å². The maximum Gasteiger partial charge on any atom is 0.323 e. The minimum absolute atomic E-state index is 0.0340. The summed E-state index contributed by atoms with van der Waals surface area (Å²) in [5.74, 6) is -0.0924. The van der Waals surface area contributed by atoms with Crippen LogP contribution in [0.2, 0.25) is 0 Å². The van der Waals surface area contributed by atoms with Crippen LogP contribution in [0.15, 0.2) is 5.38 Å². The third kappa shape index (κ3) is 3.12. The van der Waals surface area contributed by atoms with Gasteiger partial charge in [-0.25, -0.2) is 4.98 Å². The molecule has 6 heteroatoms. The molecule has 0 N–H and O–H groups in total. The van der Waals surface area contributed by atoms with Gasteiger partial charge in [0.15, 0.2) is 0 Å². The molecule has 0 spiro atoms. The maximum absolute atomic E-state index is 11.7. The van der Waals surface area contributed by atoms with Gasteiger partial charge in [0.05, 0.1) is 18.9 Å². The second kappa shape index (κ2) is 5.66. The van der Waals surface area contributed by atoms with Crippen molar-refractivity contribution >= 4 is 17.3 Å². The van der Waals surface area contributed by atoms with E-state index in [0.29, 0.717) is 13.2 Å². The van der Waals surface area contributed by atoms with E-state index in [4.69, 9.17) is 14.5 Å². The Morgan fingerprint density at radius 1 is 1.38 bits per heavy atom. The molecule has 21 heavy (non-hydrogen) atoms. The van der Waals surface area contributed by atoms with Crippen LogP contribution in [0, 0.1) is 0 Å². The second-order valence-corrected chi connectivity index (χ2v) is 7.54. The van der Waals surface area contributed by atoms with Crippen molar-refractivity contribution in [1.82, 2.24) is 9.88 Å². The average molecular weight is 310 g/mol. The van der Waals surface area contributed by atoms with Gasteiger partial charge in [0.2, 0.25) is 0 Å². The van der Waals surface area contributed by atoms with Gasteiger partial charge in [0.1, 0.15) is 17.2 Å². The number of aromatic nitrogens is 1. The first-order valence-corrected chi connectivity index (χ1v) is 8.31. The average Bonchev–Trinajstić information content (AvgIpc) is 3.06. The van der Waals surface area contributed by atoms with Crippen LogP contribution in [-0.2, 0) is 19.7 Å². The monoisotopic (exact) mass is 310 g/mol. The van der Waals surface area contributed by atoms with Crippen LogP contribution in [0.25, 0.3) is 0 Å². The van der Waals surface area contributed by atoms with Gasteiger partial charge < -0.3 is 9.47 Å². The fourth-order valence-corrected chi connectivity index (χ4v) is 3.78. The highest BCUT2D eigenvalue weighted by Gasteiger charge is 2.36. The molecule has 0 unspecified atom stereocenters. The van der Waals surface area contributed by atoms with Crippen molar-refractivity contribution < 1.29 is 14.3 Å². The van der Waals surface area contributed by atoms with E-state index in [2.05, 4.69) is 31.1 Å². The van der Waals surface area contributed by atoms with Crippen molar-refractivity contribution in [2.75, 3.05) is 26.3 Å². The van der Waals surface area contributed by atoms with Crippen LogP contribution in [0.4, 0.5) is 0 Å². The highest BCUT2D eigenvalue weighted by atomic mass is 32.1. The van der Waals surface area contributed by atoms with E-state index in [1.807, 2.05) is 0 Å². The molecule has 116 valence electrons. The standard InChI is InChI=1S/C15H22N2O3S/c1-15(2,3)12-9-21-13(16-12)11-8-17(5-7-19-11)10-4-6-20-14(10)18/h9-11H,4-8H2,1-3H3/t10-,11+/m0/s1. The number of carbonyl (C=O) groups is 1. The Kier molecular flexibility index (Phi) is 4.03. The van der Waals surface area contributed by atoms with Crippen LogP contribution in [-0.4, -0.2) is 48.2 Å². The summed E-state index contributed by atoms with van der Waals surface area (Å²) in [7, 11) is 0. The molecule has 3 rings (SSSR count). The van der Waals surface area contributed by atoms with E-state index < -0.39 is 0 Å². The molecule has 3 heterocycles. The fraction of sp³-hybridized carbons (Fsp3) is 0.733. The number of cyclic esters (lactones) is 1. The second-order valence-electron chi connectivity index (χ2n) is 6.65. The molecule has 5 nitrogen and oxygen atoms in total. The molecule has 2 saturated heterocycles. The van der Waals surface area contributed by atoms with Gasteiger partial charge in [-0.3, -0.25) is 9.69 Å². The van der Waals surface area contributed by atoms with Crippen molar-refractivity contribution in [1.29, 1.82) is 0 Å². The summed E-state index contributed by atoms with van der Waals surface area (Å²) >= 11 is 1.65. The zero-order valence-electron chi connectivity index (χ0n) is 12.8. The first kappa shape index (κ1) is 14.9. The molecule has 0 radical (unpaired) electrons. The number of esters is 1. The van der Waals surface area contributed by atoms with E-state index in [-0.39, 0.29) is 23.5 Å². The quantitative estimate of drug-likeness (QED) is 0.783. The molecule has 0 amide bonds. The molecule has 2 aliphatic rings. The van der Waals surface area contributed by atoms with E-state index in [1.165, 1.54) is 0 Å². The minimum atomic E-state index is -0.0987. The van der Waals surface area contributed by atoms with Gasteiger partial charge in [-0.15, -0.1) is 11.3 Å². The zero-order valence-corrected chi connectivity index (χ0v) is 13.6. The van der Waals surface area contributed by atoms with Crippen molar-refractivity contribution in [3.8, 4) is 0 Å². The van der Waals surface area contributed by atoms with Gasteiger partial charge in [0.25, 0.3) is 0 Å². The molecular weight excluding hydrogens is 288 g/mol. The highest BCUT2D eigenvalue weighted by molar-refractivity contribution is 7.09. The summed E-state index contributed by atoms with van der Waals surface area (Å²) < 4.78 is 10.9. The smallest absolute Gasteiger partial charge is 0.323 e. The topological polar surface area (TPSA) is 51.7 Å². The molecule has 0 aromatic carbocycles. The largest absolute Gasteiger partial charge is 0.464 e. The van der Waals surface area contributed by atoms with Crippen LogP contribution >= 0.6 is 11.3 Å². The zero-order chi connectivity index (χ0) is 15.0. The SMILES string of the molecule is CC(C)(C)c1csc([C@H]2CN([C@H]3CCOC3=O)CCO2)n1. The Morgan fingerprint density at radius 2 is 2.19 bits per heavy atom. The summed E-state index contributed by atoms with van der Waals surface area (Å²) in [5, 5.41) is 3.12. The van der Waals surface area contributed by atoms with Crippen LogP contribution in [0.5, 0.6) is 0 Å². The van der Waals surface area contributed by atoms with Gasteiger partial charge in [-0.1, -0.05) is 20.8 Å². The van der Waals surface area contributed by atoms with Crippen LogP contribution < -0.4 is 0 Å². The third-order valence-electron chi connectivity index (χ3n) is 4.01. The van der Waals surface area contributed by atoms with E-state index in [1.54, 1.807) is 11.3 Å². The number of thiazole rings is 1. The summed E-state index contributed by atoms with van der Waals surface area (Å²) in [6.45, 7) is 9.16. The predicted octanol–water partition coefficient (Wildman–Crippen LogP) is 2.13. The fourth-order valence-electron chi connectivity index (χ4n) is 2.70. The highest BCUT2D eigenvalue weighted by Crippen LogP contribution is 2.31. The Morgan fingerprint density at radius 3 is 2.81 bits per heavy atom. The Bertz CT molecular complexity index is 523.